The molecule has 10 heteroatoms. The summed E-state index contributed by atoms with van der Waals surface area (Å²) in [7, 11) is -3.43. The highest BCUT2D eigenvalue weighted by molar-refractivity contribution is 7.92. The molecular formula is C32H36N4O5S. The third-order valence-corrected chi connectivity index (χ3v) is 9.39. The van der Waals surface area contributed by atoms with Crippen molar-refractivity contribution >= 4 is 38.0 Å². The quantitative estimate of drug-likeness (QED) is 0.200. The molecule has 1 saturated carbocycles. The first-order valence-electron chi connectivity index (χ1n) is 14.1. The maximum Gasteiger partial charge on any atom is 0.247 e. The number of anilines is 2. The number of hydrogen-bond donors (Lipinski definition) is 3. The van der Waals surface area contributed by atoms with Crippen molar-refractivity contribution in [3.8, 4) is 11.5 Å². The Morgan fingerprint density at radius 1 is 1.05 bits per heavy atom. The fourth-order valence-corrected chi connectivity index (χ4v) is 6.74. The lowest BCUT2D eigenvalue weighted by Gasteiger charge is -2.23. The van der Waals surface area contributed by atoms with Gasteiger partial charge in [0.15, 0.2) is 21.3 Å². The van der Waals surface area contributed by atoms with E-state index in [4.69, 9.17) is 15.2 Å². The number of hydrogen-bond acceptors (Lipinski definition) is 8. The van der Waals surface area contributed by atoms with Crippen molar-refractivity contribution in [1.29, 1.82) is 0 Å². The predicted molar refractivity (Wildman–Crippen MR) is 164 cm³/mol. The van der Waals surface area contributed by atoms with E-state index in [1.54, 1.807) is 42.6 Å². The van der Waals surface area contributed by atoms with E-state index in [2.05, 4.69) is 15.6 Å². The third-order valence-electron chi connectivity index (χ3n) is 7.03. The van der Waals surface area contributed by atoms with Crippen LogP contribution in [0.5, 0.6) is 11.5 Å². The van der Waals surface area contributed by atoms with Gasteiger partial charge in [0, 0.05) is 23.8 Å². The molecule has 1 fully saturated rings. The molecule has 9 nitrogen and oxygen atoms in total. The maximum absolute atomic E-state index is 13.9. The highest BCUT2D eigenvalue weighted by Crippen LogP contribution is 2.36. The molecular weight excluding hydrogens is 552 g/mol. The Morgan fingerprint density at radius 2 is 1.83 bits per heavy atom. The fourth-order valence-electron chi connectivity index (χ4n) is 4.85. The maximum atomic E-state index is 13.9. The van der Waals surface area contributed by atoms with Crippen LogP contribution in [0.2, 0.25) is 0 Å². The number of rotatable bonds is 12. The first-order chi connectivity index (χ1) is 20.2. The van der Waals surface area contributed by atoms with E-state index in [0.717, 1.165) is 10.8 Å². The number of benzene rings is 3. The molecule has 1 aliphatic rings. The minimum absolute atomic E-state index is 0.0567. The molecule has 1 atom stereocenters. The Balaban J connectivity index is 1.47. The normalized spacial score (nSPS) is 14.0. The summed E-state index contributed by atoms with van der Waals surface area (Å²) < 4.78 is 37.9. The number of nitrogens with one attached hydrogen (secondary N) is 2. The van der Waals surface area contributed by atoms with Crippen LogP contribution in [0, 0.1) is 0 Å². The van der Waals surface area contributed by atoms with Gasteiger partial charge in [-0.25, -0.2) is 13.4 Å². The van der Waals surface area contributed by atoms with E-state index < -0.39 is 15.9 Å². The van der Waals surface area contributed by atoms with Crippen molar-refractivity contribution in [2.75, 3.05) is 17.7 Å². The summed E-state index contributed by atoms with van der Waals surface area (Å²) in [5.74, 6) is 1.21. The lowest BCUT2D eigenvalue weighted by atomic mass is 10.0. The van der Waals surface area contributed by atoms with Gasteiger partial charge < -0.3 is 25.8 Å². The topological polar surface area (TPSA) is 133 Å². The second-order valence-corrected chi connectivity index (χ2v) is 12.8. The second kappa shape index (κ2) is 12.3. The molecule has 1 aromatic heterocycles. The molecule has 1 amide bonds. The molecule has 0 spiro atoms. The Labute approximate surface area is 246 Å². The van der Waals surface area contributed by atoms with Gasteiger partial charge in [0.1, 0.15) is 11.9 Å². The summed E-state index contributed by atoms with van der Waals surface area (Å²) in [6.45, 7) is 6.24. The molecule has 3 aromatic carbocycles. The van der Waals surface area contributed by atoms with Crippen LogP contribution < -0.4 is 25.8 Å². The molecule has 5 rings (SSSR count). The lowest BCUT2D eigenvalue weighted by Crippen LogP contribution is -2.33. The fraction of sp³-hybridized carbons (Fsp3) is 0.312. The number of carbonyl (C=O) groups is 1. The Kier molecular flexibility index (Phi) is 8.54. The number of ether oxygens (including phenoxy) is 2. The third kappa shape index (κ3) is 6.44. The van der Waals surface area contributed by atoms with Crippen LogP contribution in [-0.4, -0.2) is 37.3 Å². The first kappa shape index (κ1) is 29.2. The van der Waals surface area contributed by atoms with E-state index in [-0.39, 0.29) is 28.7 Å². The zero-order chi connectivity index (χ0) is 29.9. The lowest BCUT2D eigenvalue weighted by molar-refractivity contribution is -0.122. The number of nitrogens with two attached hydrogens (primary N) is 1. The summed E-state index contributed by atoms with van der Waals surface area (Å²) >= 11 is 0. The SMILES string of the molecule is CCOc1cc([C@@H](Nc2ccc3c(N)nccc3c2)C(=O)NCc2ccccc2S(=O)(=O)C2CC2)ccc1OC(C)C. The molecule has 1 aliphatic carbocycles. The van der Waals surface area contributed by atoms with E-state index >= 15 is 0 Å². The van der Waals surface area contributed by atoms with Crippen molar-refractivity contribution in [2.45, 2.75) is 62.4 Å². The van der Waals surface area contributed by atoms with Crippen LogP contribution in [0.15, 0.2) is 77.8 Å². The van der Waals surface area contributed by atoms with E-state index in [1.165, 1.54) is 0 Å². The molecule has 0 radical (unpaired) electrons. The molecule has 0 saturated heterocycles. The van der Waals surface area contributed by atoms with Gasteiger partial charge in [-0.3, -0.25) is 4.79 Å². The van der Waals surface area contributed by atoms with Crippen molar-refractivity contribution in [1.82, 2.24) is 10.3 Å². The smallest absolute Gasteiger partial charge is 0.247 e. The summed E-state index contributed by atoms with van der Waals surface area (Å²) in [6, 6.07) is 18.9. The minimum Gasteiger partial charge on any atom is -0.490 e. The van der Waals surface area contributed by atoms with Gasteiger partial charge in [-0.05, 0) is 92.6 Å². The number of fused-ring (bicyclic) bond motifs is 1. The van der Waals surface area contributed by atoms with E-state index in [0.29, 0.717) is 53.6 Å². The summed E-state index contributed by atoms with van der Waals surface area (Å²) in [6.07, 6.45) is 2.92. The highest BCUT2D eigenvalue weighted by atomic mass is 32.2. The van der Waals surface area contributed by atoms with Gasteiger partial charge in [-0.2, -0.15) is 0 Å². The number of nitrogens with zero attached hydrogens (tertiary/aromatic N) is 1. The standard InChI is InChI=1S/C32H36N4O5S/c1-4-40-28-18-22(9-14-27(28)41-20(2)3)30(36-24-10-13-26-21(17-24)15-16-34-31(26)33)32(37)35-19-23-7-5-6-8-29(23)42(38,39)25-11-12-25/h5-10,13-18,20,25,30,36H,4,11-12,19H2,1-3H3,(H2,33,34)(H,35,37)/t30-/m1/s1. The van der Waals surface area contributed by atoms with Gasteiger partial charge >= 0.3 is 0 Å². The van der Waals surface area contributed by atoms with Gasteiger partial charge in [-0.1, -0.05) is 24.3 Å². The number of aromatic nitrogens is 1. The summed E-state index contributed by atoms with van der Waals surface area (Å²) in [5, 5.41) is 7.67. The number of amides is 1. The zero-order valence-electron chi connectivity index (χ0n) is 24.0. The molecule has 220 valence electrons. The van der Waals surface area contributed by atoms with E-state index in [1.807, 2.05) is 51.1 Å². The van der Waals surface area contributed by atoms with E-state index in [9.17, 15) is 13.2 Å². The predicted octanol–water partition coefficient (Wildman–Crippen LogP) is 5.41. The van der Waals surface area contributed by atoms with Crippen molar-refractivity contribution in [2.24, 2.45) is 0 Å². The Hall–Kier alpha value is -4.31. The van der Waals surface area contributed by atoms with Crippen LogP contribution in [0.25, 0.3) is 10.8 Å². The molecule has 0 aliphatic heterocycles. The summed E-state index contributed by atoms with van der Waals surface area (Å²) in [4.78, 5) is 18.3. The monoisotopic (exact) mass is 588 g/mol. The van der Waals surface area contributed by atoms with Crippen LogP contribution in [0.1, 0.15) is 50.8 Å². The molecule has 4 aromatic rings. The van der Waals surface area contributed by atoms with Crippen LogP contribution in [-0.2, 0) is 21.2 Å². The number of pyridine rings is 1. The Morgan fingerprint density at radius 3 is 2.57 bits per heavy atom. The molecule has 0 bridgehead atoms. The van der Waals surface area contributed by atoms with Crippen molar-refractivity contribution in [3.05, 3.63) is 84.1 Å². The average Bonchev–Trinajstić information content (AvgIpc) is 3.82. The number of sulfone groups is 1. The molecule has 42 heavy (non-hydrogen) atoms. The number of nitrogen functional groups attached to an aromatic ring is 1. The first-order valence-corrected chi connectivity index (χ1v) is 15.7. The molecule has 4 N–H and O–H groups in total. The van der Waals surface area contributed by atoms with Crippen LogP contribution in [0.3, 0.4) is 0 Å². The largest absolute Gasteiger partial charge is 0.490 e. The zero-order valence-corrected chi connectivity index (χ0v) is 24.8. The van der Waals surface area contributed by atoms with Gasteiger partial charge in [0.05, 0.1) is 22.9 Å². The van der Waals surface area contributed by atoms with Crippen molar-refractivity contribution in [3.63, 3.8) is 0 Å². The molecule has 1 heterocycles. The van der Waals surface area contributed by atoms with Crippen molar-refractivity contribution < 1.29 is 22.7 Å². The highest BCUT2D eigenvalue weighted by Gasteiger charge is 2.38. The Bertz CT molecular complexity index is 1700. The molecule has 0 unspecified atom stereocenters. The second-order valence-electron chi connectivity index (χ2n) is 10.6. The van der Waals surface area contributed by atoms with Gasteiger partial charge in [-0.15, -0.1) is 0 Å². The van der Waals surface area contributed by atoms with Gasteiger partial charge in [0.25, 0.3) is 0 Å². The number of carbonyl (C=O) groups excluding carboxylic acids is 1. The minimum atomic E-state index is -3.43. The van der Waals surface area contributed by atoms with Gasteiger partial charge in [0.2, 0.25) is 5.91 Å². The summed E-state index contributed by atoms with van der Waals surface area (Å²) in [5.41, 5.74) is 7.95. The van der Waals surface area contributed by atoms with Crippen LogP contribution >= 0.6 is 0 Å². The van der Waals surface area contributed by atoms with Crippen LogP contribution in [0.4, 0.5) is 11.5 Å². The average molecular weight is 589 g/mol.